The van der Waals surface area contributed by atoms with Gasteiger partial charge in [0.05, 0.1) is 15.9 Å². The molecule has 2 nitrogen and oxygen atoms in total. The second-order valence-corrected chi connectivity index (χ2v) is 5.92. The topological polar surface area (TPSA) is 25.8 Å². The summed E-state index contributed by atoms with van der Waals surface area (Å²) in [6.45, 7) is 2.10. The summed E-state index contributed by atoms with van der Waals surface area (Å²) in [4.78, 5) is 8.99. The summed E-state index contributed by atoms with van der Waals surface area (Å²) in [5.41, 5.74) is 4.48. The number of rotatable bonds is 1. The van der Waals surface area contributed by atoms with Gasteiger partial charge in [-0.1, -0.05) is 42.0 Å². The Hall–Kier alpha value is -2.26. The fraction of sp³-hybridized carbons (Fsp3) is 0.0588. The van der Waals surface area contributed by atoms with Crippen molar-refractivity contribution in [3.63, 3.8) is 0 Å². The minimum atomic E-state index is 1.03. The monoisotopic (exact) mass is 276 g/mol. The van der Waals surface area contributed by atoms with Gasteiger partial charge in [-0.15, -0.1) is 11.3 Å². The van der Waals surface area contributed by atoms with Crippen LogP contribution in [0.5, 0.6) is 0 Å². The van der Waals surface area contributed by atoms with E-state index < -0.39 is 0 Å². The number of fused-ring (bicyclic) bond motifs is 3. The molecule has 20 heavy (non-hydrogen) atoms. The second-order valence-electron chi connectivity index (χ2n) is 4.87. The lowest BCUT2D eigenvalue weighted by atomic mass is 10.1. The largest absolute Gasteiger partial charge is 0.235 e. The van der Waals surface area contributed by atoms with Crippen molar-refractivity contribution in [1.29, 1.82) is 0 Å². The molecule has 0 radical (unpaired) electrons. The maximum absolute atomic E-state index is 4.51. The summed E-state index contributed by atoms with van der Waals surface area (Å²) < 4.78 is 2.43. The number of aromatic nitrogens is 2. The van der Waals surface area contributed by atoms with Gasteiger partial charge in [-0.3, -0.25) is 0 Å². The van der Waals surface area contributed by atoms with Crippen LogP contribution in [0.15, 0.2) is 54.9 Å². The third-order valence-electron chi connectivity index (χ3n) is 3.45. The van der Waals surface area contributed by atoms with Crippen molar-refractivity contribution in [2.75, 3.05) is 0 Å². The van der Waals surface area contributed by atoms with Crippen LogP contribution in [0.25, 0.3) is 31.6 Å². The van der Waals surface area contributed by atoms with Gasteiger partial charge in [0.1, 0.15) is 6.33 Å². The molecule has 2 aromatic heterocycles. The lowest BCUT2D eigenvalue weighted by Gasteiger charge is -2.02. The smallest absolute Gasteiger partial charge is 0.116 e. The van der Waals surface area contributed by atoms with Crippen LogP contribution in [0.4, 0.5) is 0 Å². The molecular formula is C17H12N2S. The highest BCUT2D eigenvalue weighted by Gasteiger charge is 2.12. The van der Waals surface area contributed by atoms with E-state index in [4.69, 9.17) is 0 Å². The van der Waals surface area contributed by atoms with Gasteiger partial charge in [0.25, 0.3) is 0 Å². The predicted molar refractivity (Wildman–Crippen MR) is 85.1 cm³/mol. The van der Waals surface area contributed by atoms with Gasteiger partial charge < -0.3 is 0 Å². The van der Waals surface area contributed by atoms with Crippen LogP contribution in [-0.2, 0) is 0 Å². The summed E-state index contributed by atoms with van der Waals surface area (Å²) in [6.07, 6.45) is 1.67. The fourth-order valence-corrected chi connectivity index (χ4v) is 3.69. The highest BCUT2D eigenvalue weighted by molar-refractivity contribution is 7.26. The number of hydrogen-bond acceptors (Lipinski definition) is 3. The Morgan fingerprint density at radius 3 is 2.75 bits per heavy atom. The van der Waals surface area contributed by atoms with Crippen molar-refractivity contribution < 1.29 is 0 Å². The minimum absolute atomic E-state index is 1.03. The van der Waals surface area contributed by atoms with E-state index in [9.17, 15) is 0 Å². The molecular weight excluding hydrogens is 264 g/mol. The van der Waals surface area contributed by atoms with E-state index in [0.717, 1.165) is 16.8 Å². The zero-order valence-corrected chi connectivity index (χ0v) is 11.8. The van der Waals surface area contributed by atoms with E-state index in [1.807, 2.05) is 0 Å². The summed E-state index contributed by atoms with van der Waals surface area (Å²) in [7, 11) is 0. The summed E-state index contributed by atoms with van der Waals surface area (Å²) >= 11 is 1.76. The second kappa shape index (κ2) is 4.39. The predicted octanol–water partition coefficient (Wildman–Crippen LogP) is 4.82. The SMILES string of the molecule is Cc1cccc(-c2ncnc3c2sc2ccccc23)c1. The zero-order valence-electron chi connectivity index (χ0n) is 11.0. The van der Waals surface area contributed by atoms with Crippen molar-refractivity contribution in [3.8, 4) is 11.3 Å². The Kier molecular flexibility index (Phi) is 2.54. The molecule has 0 atom stereocenters. The molecule has 0 spiro atoms. The molecule has 0 aliphatic rings. The molecule has 0 saturated carbocycles. The van der Waals surface area contributed by atoms with Gasteiger partial charge in [0.2, 0.25) is 0 Å². The molecule has 4 rings (SSSR count). The number of thiophene rings is 1. The first kappa shape index (κ1) is 11.6. The first-order chi connectivity index (χ1) is 9.83. The molecule has 0 fully saturated rings. The van der Waals surface area contributed by atoms with Crippen LogP contribution in [0.3, 0.4) is 0 Å². The lowest BCUT2D eigenvalue weighted by Crippen LogP contribution is -1.86. The number of benzene rings is 2. The van der Waals surface area contributed by atoms with Gasteiger partial charge >= 0.3 is 0 Å². The zero-order chi connectivity index (χ0) is 13.5. The Morgan fingerprint density at radius 2 is 1.85 bits per heavy atom. The Labute approximate surface area is 120 Å². The Bertz CT molecular complexity index is 924. The van der Waals surface area contributed by atoms with Crippen LogP contribution >= 0.6 is 11.3 Å². The van der Waals surface area contributed by atoms with E-state index in [1.54, 1.807) is 17.7 Å². The van der Waals surface area contributed by atoms with Crippen molar-refractivity contribution in [3.05, 3.63) is 60.4 Å². The first-order valence-electron chi connectivity index (χ1n) is 6.52. The van der Waals surface area contributed by atoms with Crippen molar-refractivity contribution >= 4 is 31.6 Å². The van der Waals surface area contributed by atoms with Crippen LogP contribution in [0.2, 0.25) is 0 Å². The quantitative estimate of drug-likeness (QED) is 0.498. The van der Waals surface area contributed by atoms with Gasteiger partial charge in [-0.2, -0.15) is 0 Å². The number of aryl methyl sites for hydroxylation is 1. The van der Waals surface area contributed by atoms with E-state index in [1.165, 1.54) is 20.3 Å². The lowest BCUT2D eigenvalue weighted by molar-refractivity contribution is 1.23. The highest BCUT2D eigenvalue weighted by atomic mass is 32.1. The molecule has 96 valence electrons. The maximum Gasteiger partial charge on any atom is 0.116 e. The molecule has 2 aromatic carbocycles. The Balaban J connectivity index is 2.10. The Morgan fingerprint density at radius 1 is 0.950 bits per heavy atom. The van der Waals surface area contributed by atoms with E-state index in [-0.39, 0.29) is 0 Å². The third-order valence-corrected chi connectivity index (χ3v) is 4.62. The van der Waals surface area contributed by atoms with Crippen LogP contribution in [0.1, 0.15) is 5.56 Å². The van der Waals surface area contributed by atoms with Gasteiger partial charge in [0.15, 0.2) is 0 Å². The molecule has 0 amide bonds. The normalized spacial score (nSPS) is 11.2. The van der Waals surface area contributed by atoms with Crippen LogP contribution in [0, 0.1) is 6.92 Å². The molecule has 0 unspecified atom stereocenters. The minimum Gasteiger partial charge on any atom is -0.235 e. The van der Waals surface area contributed by atoms with Crippen LogP contribution in [-0.4, -0.2) is 9.97 Å². The molecule has 4 aromatic rings. The summed E-state index contributed by atoms with van der Waals surface area (Å²) in [6, 6.07) is 16.9. The standard InChI is InChI=1S/C17H12N2S/c1-11-5-4-6-12(9-11)15-17-16(19-10-18-15)13-7-2-3-8-14(13)20-17/h2-10H,1H3. The van der Waals surface area contributed by atoms with E-state index in [2.05, 4.69) is 65.4 Å². The van der Waals surface area contributed by atoms with E-state index in [0.29, 0.717) is 0 Å². The average Bonchev–Trinajstić information content (AvgIpc) is 2.86. The van der Waals surface area contributed by atoms with Crippen molar-refractivity contribution in [1.82, 2.24) is 9.97 Å². The number of hydrogen-bond donors (Lipinski definition) is 0. The van der Waals surface area contributed by atoms with Gasteiger partial charge in [-0.25, -0.2) is 9.97 Å². The molecule has 0 aliphatic heterocycles. The highest BCUT2D eigenvalue weighted by Crippen LogP contribution is 2.37. The molecule has 3 heteroatoms. The molecule has 0 N–H and O–H groups in total. The summed E-state index contributed by atoms with van der Waals surface area (Å²) in [5, 5.41) is 1.21. The molecule has 0 bridgehead atoms. The maximum atomic E-state index is 4.51. The molecule has 0 saturated heterocycles. The van der Waals surface area contributed by atoms with Crippen molar-refractivity contribution in [2.45, 2.75) is 6.92 Å². The fourth-order valence-electron chi connectivity index (χ4n) is 2.52. The van der Waals surface area contributed by atoms with E-state index >= 15 is 0 Å². The van der Waals surface area contributed by atoms with Gasteiger partial charge in [-0.05, 0) is 19.1 Å². The number of nitrogens with zero attached hydrogens (tertiary/aromatic N) is 2. The summed E-state index contributed by atoms with van der Waals surface area (Å²) in [5.74, 6) is 0. The average molecular weight is 276 g/mol. The molecule has 0 aliphatic carbocycles. The van der Waals surface area contributed by atoms with Gasteiger partial charge in [0, 0.05) is 15.6 Å². The van der Waals surface area contributed by atoms with Crippen LogP contribution < -0.4 is 0 Å². The van der Waals surface area contributed by atoms with Crippen molar-refractivity contribution in [2.24, 2.45) is 0 Å². The third kappa shape index (κ3) is 1.71. The molecule has 2 heterocycles. The first-order valence-corrected chi connectivity index (χ1v) is 7.34.